The Morgan fingerprint density at radius 2 is 1.70 bits per heavy atom. The predicted molar refractivity (Wildman–Crippen MR) is 95.4 cm³/mol. The summed E-state index contributed by atoms with van der Waals surface area (Å²) in [7, 11) is 0. The van der Waals surface area contributed by atoms with Gasteiger partial charge in [0.05, 0.1) is 11.8 Å². The summed E-state index contributed by atoms with van der Waals surface area (Å²) in [5, 5.41) is 2.92. The van der Waals surface area contributed by atoms with Crippen LogP contribution in [0.2, 0.25) is 0 Å². The van der Waals surface area contributed by atoms with Gasteiger partial charge in [-0.3, -0.25) is 4.79 Å². The third kappa shape index (κ3) is 4.39. The highest BCUT2D eigenvalue weighted by Gasteiger charge is 2.18. The number of nitrogens with two attached hydrogens (primary N) is 1. The molecule has 0 aliphatic heterocycles. The summed E-state index contributed by atoms with van der Waals surface area (Å²) >= 11 is 0. The van der Waals surface area contributed by atoms with Crippen LogP contribution in [0, 0.1) is 0 Å². The van der Waals surface area contributed by atoms with Gasteiger partial charge in [-0.2, -0.15) is 0 Å². The zero-order valence-electron chi connectivity index (χ0n) is 12.8. The van der Waals surface area contributed by atoms with Crippen molar-refractivity contribution in [3.8, 4) is 5.75 Å². The van der Waals surface area contributed by atoms with Crippen molar-refractivity contribution in [2.24, 2.45) is 0 Å². The number of nitrogen functional groups attached to an aromatic ring is 1. The van der Waals surface area contributed by atoms with Crippen LogP contribution in [0.3, 0.4) is 0 Å². The highest BCUT2D eigenvalue weighted by atomic mass is 35.5. The van der Waals surface area contributed by atoms with Gasteiger partial charge in [0, 0.05) is 11.3 Å². The number of ether oxygens (including phenoxy) is 1. The summed E-state index contributed by atoms with van der Waals surface area (Å²) in [6.45, 7) is 0. The predicted octanol–water partition coefficient (Wildman–Crippen LogP) is 4.26. The van der Waals surface area contributed by atoms with E-state index in [1.54, 1.807) is 24.3 Å². The van der Waals surface area contributed by atoms with Gasteiger partial charge < -0.3 is 15.8 Å². The molecule has 0 saturated heterocycles. The van der Waals surface area contributed by atoms with Crippen LogP contribution >= 0.6 is 12.4 Å². The number of carbonyl (C=O) groups excluding carboxylic acids is 1. The summed E-state index contributed by atoms with van der Waals surface area (Å²) in [4.78, 5) is 12.3. The van der Waals surface area contributed by atoms with Crippen molar-refractivity contribution < 1.29 is 9.53 Å². The second-order valence-electron chi connectivity index (χ2n) is 5.60. The number of halogens is 1. The third-order valence-electron chi connectivity index (χ3n) is 3.90. The normalized spacial score (nSPS) is 14.1. The van der Waals surface area contributed by atoms with Crippen molar-refractivity contribution >= 4 is 29.7 Å². The van der Waals surface area contributed by atoms with Gasteiger partial charge >= 0.3 is 0 Å². The fraction of sp³-hybridized carbons (Fsp3) is 0.278. The van der Waals surface area contributed by atoms with Crippen LogP contribution in [0.5, 0.6) is 5.75 Å². The quantitative estimate of drug-likeness (QED) is 0.822. The minimum Gasteiger partial charge on any atom is -0.488 e. The molecule has 0 bridgehead atoms. The summed E-state index contributed by atoms with van der Waals surface area (Å²) in [5.41, 5.74) is 7.56. The van der Waals surface area contributed by atoms with Crippen molar-refractivity contribution in [2.75, 3.05) is 11.1 Å². The molecule has 4 nitrogen and oxygen atoms in total. The molecule has 1 amide bonds. The van der Waals surface area contributed by atoms with Gasteiger partial charge in [0.2, 0.25) is 0 Å². The molecule has 1 aliphatic rings. The average Bonchev–Trinajstić information content (AvgIpc) is 3.03. The zero-order valence-corrected chi connectivity index (χ0v) is 13.6. The van der Waals surface area contributed by atoms with E-state index in [-0.39, 0.29) is 24.4 Å². The van der Waals surface area contributed by atoms with Gasteiger partial charge in [-0.05, 0) is 62.1 Å². The lowest BCUT2D eigenvalue weighted by Crippen LogP contribution is -2.16. The molecule has 0 radical (unpaired) electrons. The lowest BCUT2D eigenvalue weighted by atomic mass is 10.2. The number of nitrogens with one attached hydrogen (secondary N) is 1. The maximum Gasteiger partial charge on any atom is 0.255 e. The van der Waals surface area contributed by atoms with Crippen LogP contribution in [0.15, 0.2) is 48.5 Å². The molecule has 0 heterocycles. The van der Waals surface area contributed by atoms with Crippen molar-refractivity contribution in [3.05, 3.63) is 54.1 Å². The molecule has 0 atom stereocenters. The maximum atomic E-state index is 12.3. The number of anilines is 2. The second kappa shape index (κ2) is 7.88. The van der Waals surface area contributed by atoms with Crippen LogP contribution < -0.4 is 15.8 Å². The molecule has 3 N–H and O–H groups in total. The molecule has 1 fully saturated rings. The molecule has 2 aromatic carbocycles. The summed E-state index contributed by atoms with van der Waals surface area (Å²) in [5.74, 6) is 0.570. The lowest BCUT2D eigenvalue weighted by molar-refractivity contribution is 0.102. The van der Waals surface area contributed by atoms with E-state index in [4.69, 9.17) is 10.5 Å². The monoisotopic (exact) mass is 332 g/mol. The molecule has 1 aliphatic carbocycles. The molecular weight excluding hydrogens is 312 g/mol. The molecular formula is C18H21ClN2O2. The SMILES string of the molecule is Cl.Nc1ccc(C(=O)Nc2ccccc2OC2CCCC2)cc1. The van der Waals surface area contributed by atoms with E-state index in [1.807, 2.05) is 24.3 Å². The number of rotatable bonds is 4. The first-order valence-electron chi connectivity index (χ1n) is 7.65. The van der Waals surface area contributed by atoms with Crippen LogP contribution in [0.1, 0.15) is 36.0 Å². The number of para-hydroxylation sites is 2. The minimum absolute atomic E-state index is 0. The highest BCUT2D eigenvalue weighted by molar-refractivity contribution is 6.05. The molecule has 23 heavy (non-hydrogen) atoms. The van der Waals surface area contributed by atoms with Crippen LogP contribution in [-0.2, 0) is 0 Å². The van der Waals surface area contributed by atoms with Gasteiger partial charge in [-0.15, -0.1) is 12.4 Å². The molecule has 5 heteroatoms. The van der Waals surface area contributed by atoms with E-state index < -0.39 is 0 Å². The Morgan fingerprint density at radius 1 is 1.04 bits per heavy atom. The Balaban J connectivity index is 0.00000192. The Hall–Kier alpha value is -2.20. The van der Waals surface area contributed by atoms with E-state index in [0.717, 1.165) is 18.6 Å². The second-order valence-corrected chi connectivity index (χ2v) is 5.60. The molecule has 3 rings (SSSR count). The summed E-state index contributed by atoms with van der Waals surface area (Å²) in [6, 6.07) is 14.4. The Kier molecular flexibility index (Phi) is 5.88. The largest absolute Gasteiger partial charge is 0.488 e. The molecule has 2 aromatic rings. The number of benzene rings is 2. The van der Waals surface area contributed by atoms with E-state index in [9.17, 15) is 4.79 Å². The number of hydrogen-bond donors (Lipinski definition) is 2. The maximum absolute atomic E-state index is 12.3. The number of hydrogen-bond acceptors (Lipinski definition) is 3. The number of carbonyl (C=O) groups is 1. The Morgan fingerprint density at radius 3 is 2.39 bits per heavy atom. The highest BCUT2D eigenvalue weighted by Crippen LogP contribution is 2.30. The Bertz CT molecular complexity index is 652. The summed E-state index contributed by atoms with van der Waals surface area (Å²) in [6.07, 6.45) is 4.85. The molecule has 0 unspecified atom stereocenters. The van der Waals surface area contributed by atoms with Crippen LogP contribution in [0.25, 0.3) is 0 Å². The van der Waals surface area contributed by atoms with E-state index >= 15 is 0 Å². The van der Waals surface area contributed by atoms with Crippen LogP contribution in [-0.4, -0.2) is 12.0 Å². The zero-order chi connectivity index (χ0) is 15.4. The Labute approximate surface area is 142 Å². The topological polar surface area (TPSA) is 64.4 Å². The van der Waals surface area contributed by atoms with Crippen molar-refractivity contribution in [2.45, 2.75) is 31.8 Å². The van der Waals surface area contributed by atoms with Crippen molar-refractivity contribution in [3.63, 3.8) is 0 Å². The molecule has 1 saturated carbocycles. The van der Waals surface area contributed by atoms with E-state index in [1.165, 1.54) is 12.8 Å². The first-order valence-corrected chi connectivity index (χ1v) is 7.65. The third-order valence-corrected chi connectivity index (χ3v) is 3.90. The molecule has 122 valence electrons. The summed E-state index contributed by atoms with van der Waals surface area (Å²) < 4.78 is 6.03. The molecule has 0 spiro atoms. The first kappa shape index (κ1) is 17.2. The van der Waals surface area contributed by atoms with Crippen molar-refractivity contribution in [1.29, 1.82) is 0 Å². The van der Waals surface area contributed by atoms with Gasteiger partial charge in [0.15, 0.2) is 0 Å². The lowest BCUT2D eigenvalue weighted by Gasteiger charge is -2.17. The fourth-order valence-electron chi connectivity index (χ4n) is 2.69. The smallest absolute Gasteiger partial charge is 0.255 e. The van der Waals surface area contributed by atoms with Crippen molar-refractivity contribution in [1.82, 2.24) is 0 Å². The van der Waals surface area contributed by atoms with Gasteiger partial charge in [0.25, 0.3) is 5.91 Å². The molecule has 0 aromatic heterocycles. The first-order chi connectivity index (χ1) is 10.7. The van der Waals surface area contributed by atoms with Gasteiger partial charge in [0.1, 0.15) is 5.75 Å². The average molecular weight is 333 g/mol. The minimum atomic E-state index is -0.164. The fourth-order valence-corrected chi connectivity index (χ4v) is 2.69. The van der Waals surface area contributed by atoms with Crippen LogP contribution in [0.4, 0.5) is 11.4 Å². The van der Waals surface area contributed by atoms with Gasteiger partial charge in [-0.25, -0.2) is 0 Å². The van der Waals surface area contributed by atoms with E-state index in [2.05, 4.69) is 5.32 Å². The van der Waals surface area contributed by atoms with Gasteiger partial charge in [-0.1, -0.05) is 12.1 Å². The standard InChI is InChI=1S/C18H20N2O2.ClH/c19-14-11-9-13(10-12-14)18(21)20-16-7-3-4-8-17(16)22-15-5-1-2-6-15;/h3-4,7-12,15H,1-2,5-6,19H2,(H,20,21);1H. The van der Waals surface area contributed by atoms with E-state index in [0.29, 0.717) is 16.9 Å². The number of amides is 1.